The molecule has 1 aliphatic heterocycles. The van der Waals surface area contributed by atoms with Crippen LogP contribution in [0.1, 0.15) is 16.7 Å². The standard InChI is InChI=1S/C25H21N3OS/c1-2-18-28-23(29)25(21-14-8-4-9-15-21,22-16-10-5-11-17-22)30-24(28)27-26-19-20-12-6-3-7-13-20/h2-17,19H,1,18H2/b26-19+,27-24-. The van der Waals surface area contributed by atoms with E-state index < -0.39 is 4.75 Å². The van der Waals surface area contributed by atoms with Crippen LogP contribution < -0.4 is 0 Å². The summed E-state index contributed by atoms with van der Waals surface area (Å²) in [5, 5.41) is 9.23. The number of hydrogen-bond acceptors (Lipinski definition) is 4. The van der Waals surface area contributed by atoms with Crippen LogP contribution in [0.3, 0.4) is 0 Å². The summed E-state index contributed by atoms with van der Waals surface area (Å²) in [5.74, 6) is -0.0431. The van der Waals surface area contributed by atoms with Gasteiger partial charge in [0.15, 0.2) is 9.91 Å². The second kappa shape index (κ2) is 8.93. The minimum absolute atomic E-state index is 0.0431. The molecule has 1 fully saturated rings. The second-order valence-electron chi connectivity index (χ2n) is 6.76. The molecule has 0 bridgehead atoms. The molecular formula is C25H21N3OS. The molecule has 0 aliphatic carbocycles. The number of amides is 1. The topological polar surface area (TPSA) is 45.0 Å². The van der Waals surface area contributed by atoms with Crippen molar-refractivity contribution in [3.63, 3.8) is 0 Å². The highest BCUT2D eigenvalue weighted by Crippen LogP contribution is 2.50. The van der Waals surface area contributed by atoms with Crippen molar-refractivity contribution in [1.29, 1.82) is 0 Å². The smallest absolute Gasteiger partial charge is 0.254 e. The van der Waals surface area contributed by atoms with E-state index >= 15 is 0 Å². The minimum atomic E-state index is -0.910. The van der Waals surface area contributed by atoms with Crippen molar-refractivity contribution in [3.05, 3.63) is 120 Å². The van der Waals surface area contributed by atoms with Crippen LogP contribution in [0.5, 0.6) is 0 Å². The maximum absolute atomic E-state index is 13.8. The van der Waals surface area contributed by atoms with Gasteiger partial charge in [-0.3, -0.25) is 9.69 Å². The number of thioether (sulfide) groups is 1. The number of amidine groups is 1. The van der Waals surface area contributed by atoms with Crippen molar-refractivity contribution < 1.29 is 4.79 Å². The van der Waals surface area contributed by atoms with E-state index in [1.807, 2.05) is 91.0 Å². The van der Waals surface area contributed by atoms with Gasteiger partial charge in [-0.1, -0.05) is 109 Å². The van der Waals surface area contributed by atoms with Gasteiger partial charge in [0.2, 0.25) is 0 Å². The Labute approximate surface area is 180 Å². The van der Waals surface area contributed by atoms with Crippen LogP contribution in [-0.4, -0.2) is 28.7 Å². The van der Waals surface area contributed by atoms with Crippen molar-refractivity contribution in [2.45, 2.75) is 4.75 Å². The second-order valence-corrected chi connectivity index (χ2v) is 7.94. The molecule has 1 amide bonds. The van der Waals surface area contributed by atoms with Crippen molar-refractivity contribution in [2.24, 2.45) is 10.2 Å². The average Bonchev–Trinajstić information content (AvgIpc) is 3.09. The number of rotatable bonds is 6. The van der Waals surface area contributed by atoms with E-state index in [2.05, 4.69) is 16.8 Å². The fourth-order valence-corrected chi connectivity index (χ4v) is 4.77. The summed E-state index contributed by atoms with van der Waals surface area (Å²) in [6.45, 7) is 4.19. The Balaban J connectivity index is 1.80. The molecule has 0 N–H and O–H groups in total. The minimum Gasteiger partial charge on any atom is -0.284 e. The lowest BCUT2D eigenvalue weighted by Crippen LogP contribution is -2.38. The summed E-state index contributed by atoms with van der Waals surface area (Å²) in [6.07, 6.45) is 3.40. The molecule has 5 heteroatoms. The first-order chi connectivity index (χ1) is 14.8. The molecule has 3 aromatic rings. The van der Waals surface area contributed by atoms with E-state index in [4.69, 9.17) is 0 Å². The normalized spacial score (nSPS) is 17.0. The van der Waals surface area contributed by atoms with E-state index in [0.717, 1.165) is 16.7 Å². The molecule has 1 heterocycles. The van der Waals surface area contributed by atoms with Crippen LogP contribution in [0.4, 0.5) is 0 Å². The quantitative estimate of drug-likeness (QED) is 0.322. The Hall–Kier alpha value is -3.44. The van der Waals surface area contributed by atoms with Gasteiger partial charge in [-0.15, -0.1) is 11.7 Å². The highest BCUT2D eigenvalue weighted by molar-refractivity contribution is 8.16. The molecule has 0 saturated carbocycles. The highest BCUT2D eigenvalue weighted by Gasteiger charge is 2.53. The number of carbonyl (C=O) groups excluding carboxylic acids is 1. The largest absolute Gasteiger partial charge is 0.284 e. The van der Waals surface area contributed by atoms with Gasteiger partial charge in [-0.25, -0.2) is 0 Å². The summed E-state index contributed by atoms with van der Waals surface area (Å²) in [7, 11) is 0. The zero-order chi connectivity index (χ0) is 20.8. The molecule has 0 unspecified atom stereocenters. The van der Waals surface area contributed by atoms with Gasteiger partial charge in [-0.05, 0) is 16.7 Å². The van der Waals surface area contributed by atoms with Crippen LogP contribution in [0.25, 0.3) is 0 Å². The molecule has 1 aliphatic rings. The fraction of sp³-hybridized carbons (Fsp3) is 0.0800. The van der Waals surface area contributed by atoms with Crippen LogP contribution in [-0.2, 0) is 9.54 Å². The molecule has 4 nitrogen and oxygen atoms in total. The summed E-state index contributed by atoms with van der Waals surface area (Å²) >= 11 is 1.42. The van der Waals surface area contributed by atoms with E-state index in [1.165, 1.54) is 11.8 Å². The fourth-order valence-electron chi connectivity index (χ4n) is 3.44. The van der Waals surface area contributed by atoms with Crippen molar-refractivity contribution in [2.75, 3.05) is 6.54 Å². The van der Waals surface area contributed by atoms with Gasteiger partial charge < -0.3 is 0 Å². The molecule has 1 saturated heterocycles. The van der Waals surface area contributed by atoms with Crippen molar-refractivity contribution in [3.8, 4) is 0 Å². The molecule has 148 valence electrons. The predicted molar refractivity (Wildman–Crippen MR) is 125 cm³/mol. The maximum Gasteiger partial charge on any atom is 0.254 e. The molecule has 0 atom stereocenters. The molecule has 30 heavy (non-hydrogen) atoms. The van der Waals surface area contributed by atoms with Gasteiger partial charge in [0.1, 0.15) is 0 Å². The lowest BCUT2D eigenvalue weighted by Gasteiger charge is -2.27. The number of hydrogen-bond donors (Lipinski definition) is 0. The monoisotopic (exact) mass is 411 g/mol. The zero-order valence-corrected chi connectivity index (χ0v) is 17.2. The molecule has 3 aromatic carbocycles. The Morgan fingerprint density at radius 2 is 1.40 bits per heavy atom. The highest BCUT2D eigenvalue weighted by atomic mass is 32.2. The lowest BCUT2D eigenvalue weighted by atomic mass is 9.89. The SMILES string of the molecule is C=CCN1C(=O)C(c2ccccc2)(c2ccccc2)S/C1=N\N=C\c1ccccc1. The Kier molecular flexibility index (Phi) is 5.91. The summed E-state index contributed by atoms with van der Waals surface area (Å²) in [5.41, 5.74) is 2.78. The Morgan fingerprint density at radius 1 is 0.867 bits per heavy atom. The number of benzene rings is 3. The average molecular weight is 412 g/mol. The molecule has 0 spiro atoms. The van der Waals surface area contributed by atoms with Crippen molar-refractivity contribution in [1.82, 2.24) is 4.90 Å². The van der Waals surface area contributed by atoms with Gasteiger partial charge in [0.05, 0.1) is 6.21 Å². The maximum atomic E-state index is 13.8. The third kappa shape index (κ3) is 3.72. The Morgan fingerprint density at radius 3 is 1.93 bits per heavy atom. The van der Waals surface area contributed by atoms with Gasteiger partial charge in [0.25, 0.3) is 5.91 Å². The molecule has 0 radical (unpaired) electrons. The van der Waals surface area contributed by atoms with E-state index in [9.17, 15) is 4.79 Å². The molecule has 0 aromatic heterocycles. The van der Waals surface area contributed by atoms with Gasteiger partial charge in [0, 0.05) is 6.54 Å². The number of carbonyl (C=O) groups is 1. The third-order valence-corrected chi connectivity index (χ3v) is 6.28. The van der Waals surface area contributed by atoms with E-state index in [-0.39, 0.29) is 5.91 Å². The van der Waals surface area contributed by atoms with Crippen LogP contribution in [0.2, 0.25) is 0 Å². The molecule has 4 rings (SSSR count). The first-order valence-corrected chi connectivity index (χ1v) is 10.5. The van der Waals surface area contributed by atoms with E-state index in [1.54, 1.807) is 17.2 Å². The first kappa shape index (κ1) is 19.9. The molecular weight excluding hydrogens is 390 g/mol. The summed E-state index contributed by atoms with van der Waals surface area (Å²) in [6, 6.07) is 29.4. The van der Waals surface area contributed by atoms with Gasteiger partial charge >= 0.3 is 0 Å². The van der Waals surface area contributed by atoms with Gasteiger partial charge in [-0.2, -0.15) is 5.10 Å². The van der Waals surface area contributed by atoms with E-state index in [0.29, 0.717) is 11.7 Å². The predicted octanol–water partition coefficient (Wildman–Crippen LogP) is 5.08. The first-order valence-electron chi connectivity index (χ1n) is 9.64. The van der Waals surface area contributed by atoms with Crippen LogP contribution in [0, 0.1) is 0 Å². The number of nitrogens with zero attached hydrogens (tertiary/aromatic N) is 3. The van der Waals surface area contributed by atoms with Crippen LogP contribution >= 0.6 is 11.8 Å². The Bertz CT molecular complexity index is 1040. The lowest BCUT2D eigenvalue weighted by molar-refractivity contribution is -0.127. The van der Waals surface area contributed by atoms with Crippen molar-refractivity contribution >= 4 is 29.1 Å². The summed E-state index contributed by atoms with van der Waals surface area (Å²) in [4.78, 5) is 15.4. The van der Waals surface area contributed by atoms with Crippen LogP contribution in [0.15, 0.2) is 114 Å². The summed E-state index contributed by atoms with van der Waals surface area (Å²) < 4.78 is -0.910. The zero-order valence-electron chi connectivity index (χ0n) is 16.4. The third-order valence-electron chi connectivity index (χ3n) is 4.84.